The number of hydrazine groups is 1. The minimum absolute atomic E-state index is 0.0515. The molecule has 0 spiro atoms. The summed E-state index contributed by atoms with van der Waals surface area (Å²) >= 11 is 12.8. The highest BCUT2D eigenvalue weighted by Crippen LogP contribution is 2.45. The third-order valence-corrected chi connectivity index (χ3v) is 7.48. The van der Waals surface area contributed by atoms with Gasteiger partial charge < -0.3 is 24.1 Å². The summed E-state index contributed by atoms with van der Waals surface area (Å²) in [4.78, 5) is 18.8. The second-order valence-corrected chi connectivity index (χ2v) is 10.6. The fraction of sp³-hybridized carbons (Fsp3) is 0.312. The molecule has 0 unspecified atom stereocenters. The smallest absolute Gasteiger partial charge is 0.266 e. The zero-order chi connectivity index (χ0) is 30.8. The highest BCUT2D eigenvalue weighted by atomic mass is 35.5. The van der Waals surface area contributed by atoms with E-state index >= 15 is 0 Å². The molecule has 3 N–H and O–H groups in total. The van der Waals surface area contributed by atoms with E-state index in [1.165, 1.54) is 0 Å². The maximum Gasteiger partial charge on any atom is 0.266 e. The second-order valence-electron chi connectivity index (χ2n) is 9.77. The molecule has 4 rings (SSSR count). The number of rotatable bonds is 15. The summed E-state index contributed by atoms with van der Waals surface area (Å²) < 4.78 is 22.7. The van der Waals surface area contributed by atoms with Crippen LogP contribution in [-0.4, -0.2) is 56.4 Å². The van der Waals surface area contributed by atoms with Crippen LogP contribution < -0.4 is 25.1 Å². The number of benzene rings is 3. The van der Waals surface area contributed by atoms with E-state index in [0.717, 1.165) is 5.56 Å². The first-order valence-electron chi connectivity index (χ1n) is 13.8. The summed E-state index contributed by atoms with van der Waals surface area (Å²) in [7, 11) is 3.17. The number of ether oxygens (including phenoxy) is 4. The number of aliphatic imine (C=N–C) groups is 1. The largest absolute Gasteiger partial charge is 0.494 e. The zero-order valence-electron chi connectivity index (χ0n) is 24.1. The van der Waals surface area contributed by atoms with Gasteiger partial charge in [0, 0.05) is 47.2 Å². The van der Waals surface area contributed by atoms with Crippen molar-refractivity contribution in [3.63, 3.8) is 0 Å². The fourth-order valence-corrected chi connectivity index (χ4v) is 5.23. The summed E-state index contributed by atoms with van der Waals surface area (Å²) in [5.41, 5.74) is 6.65. The van der Waals surface area contributed by atoms with Gasteiger partial charge in [0.2, 0.25) is 5.90 Å². The lowest BCUT2D eigenvalue weighted by molar-refractivity contribution is -0.129. The number of carbonyl (C=O) groups is 1. The van der Waals surface area contributed by atoms with Crippen LogP contribution in [0.1, 0.15) is 35.6 Å². The lowest BCUT2D eigenvalue weighted by atomic mass is 9.84. The van der Waals surface area contributed by atoms with E-state index in [9.17, 15) is 4.79 Å². The highest BCUT2D eigenvalue weighted by molar-refractivity contribution is 6.35. The number of nitrogens with one attached hydrogen (secondary N) is 2. The average molecular weight is 629 g/mol. The minimum Gasteiger partial charge on any atom is -0.494 e. The van der Waals surface area contributed by atoms with Crippen molar-refractivity contribution in [2.24, 2.45) is 4.99 Å². The fourth-order valence-electron chi connectivity index (χ4n) is 4.72. The number of hydrogen-bond donors (Lipinski definition) is 3. The summed E-state index contributed by atoms with van der Waals surface area (Å²) in [6, 6.07) is 17.9. The van der Waals surface area contributed by atoms with Crippen LogP contribution in [0.25, 0.3) is 0 Å². The van der Waals surface area contributed by atoms with Crippen LogP contribution in [0.5, 0.6) is 17.2 Å². The molecule has 3 aromatic rings. The van der Waals surface area contributed by atoms with Gasteiger partial charge in [-0.15, -0.1) is 6.58 Å². The lowest BCUT2D eigenvalue weighted by Crippen LogP contribution is -2.52. The van der Waals surface area contributed by atoms with Gasteiger partial charge in [-0.3, -0.25) is 10.2 Å². The molecule has 0 fully saturated rings. The Kier molecular flexibility index (Phi) is 11.3. The van der Waals surface area contributed by atoms with Gasteiger partial charge in [-0.25, -0.2) is 10.4 Å². The zero-order valence-corrected chi connectivity index (χ0v) is 25.6. The predicted molar refractivity (Wildman–Crippen MR) is 167 cm³/mol. The maximum atomic E-state index is 13.9. The van der Waals surface area contributed by atoms with Crippen molar-refractivity contribution in [1.29, 1.82) is 0 Å². The van der Waals surface area contributed by atoms with E-state index in [-0.39, 0.29) is 18.9 Å². The quantitative estimate of drug-likeness (QED) is 0.116. The van der Waals surface area contributed by atoms with Gasteiger partial charge in [0.25, 0.3) is 5.91 Å². The van der Waals surface area contributed by atoms with Gasteiger partial charge >= 0.3 is 0 Å². The van der Waals surface area contributed by atoms with E-state index in [0.29, 0.717) is 64.4 Å². The van der Waals surface area contributed by atoms with Gasteiger partial charge in [-0.05, 0) is 60.5 Å². The first-order chi connectivity index (χ1) is 20.8. The van der Waals surface area contributed by atoms with E-state index in [4.69, 9.17) is 52.2 Å². The molecule has 9 nitrogen and oxygen atoms in total. The number of amides is 1. The van der Waals surface area contributed by atoms with Crippen molar-refractivity contribution in [2.75, 3.05) is 34.0 Å². The van der Waals surface area contributed by atoms with Crippen LogP contribution >= 0.6 is 23.2 Å². The summed E-state index contributed by atoms with van der Waals surface area (Å²) in [5, 5.41) is 9.81. The van der Waals surface area contributed by atoms with Gasteiger partial charge in [0.05, 0.1) is 20.8 Å². The Labute approximate surface area is 261 Å². The standard InChI is InChI=1S/C32H35Cl2N3O6/c1-4-15-32(31(39)37-35-16-14-21-6-13-27(40-2)28(19-21)41-3)29(25-12-9-23(33)20-26(25)34)43-30(36-32)22-7-10-24(11-8-22)42-18-5-17-38/h4,6-13,19-20,29,35,38H,1,5,14-18H2,2-3H3,(H,37,39)/t29-,32-/m0/s1. The van der Waals surface area contributed by atoms with Crippen molar-refractivity contribution >= 4 is 35.0 Å². The van der Waals surface area contributed by atoms with Crippen LogP contribution in [0.15, 0.2) is 78.3 Å². The SMILES string of the molecule is C=CC[C@]1(C(=O)NNCCc2ccc(OC)c(OC)c2)N=C(c2ccc(OCCCO)cc2)O[C@H]1c1ccc(Cl)cc1Cl. The second kappa shape index (κ2) is 15.1. The predicted octanol–water partition coefficient (Wildman–Crippen LogP) is 5.47. The maximum absolute atomic E-state index is 13.9. The number of aliphatic hydroxyl groups excluding tert-OH is 1. The molecule has 0 saturated carbocycles. The molecule has 3 aromatic carbocycles. The third-order valence-electron chi connectivity index (χ3n) is 6.92. The molecule has 0 saturated heterocycles. The molecule has 0 bridgehead atoms. The van der Waals surface area contributed by atoms with E-state index in [2.05, 4.69) is 17.4 Å². The minimum atomic E-state index is -1.42. The molecule has 11 heteroatoms. The first-order valence-corrected chi connectivity index (χ1v) is 14.5. The Balaban J connectivity index is 1.57. The summed E-state index contributed by atoms with van der Waals surface area (Å²) in [5.74, 6) is 1.78. The number of nitrogens with zero attached hydrogens (tertiary/aromatic N) is 1. The van der Waals surface area contributed by atoms with Gasteiger partial charge in [0.15, 0.2) is 23.1 Å². The van der Waals surface area contributed by atoms with Crippen LogP contribution in [-0.2, 0) is 16.0 Å². The normalized spacial score (nSPS) is 17.5. The van der Waals surface area contributed by atoms with Crippen LogP contribution in [0.3, 0.4) is 0 Å². The Morgan fingerprint density at radius 1 is 1.09 bits per heavy atom. The molecule has 228 valence electrons. The van der Waals surface area contributed by atoms with E-state index in [1.807, 2.05) is 18.2 Å². The molecule has 2 atom stereocenters. The topological polar surface area (TPSA) is 111 Å². The van der Waals surface area contributed by atoms with Crippen molar-refractivity contribution in [2.45, 2.75) is 30.9 Å². The van der Waals surface area contributed by atoms with Crippen molar-refractivity contribution in [3.05, 3.63) is 100 Å². The third kappa shape index (κ3) is 7.61. The molecule has 0 aromatic heterocycles. The Bertz CT molecular complexity index is 1450. The van der Waals surface area contributed by atoms with E-state index < -0.39 is 17.6 Å². The van der Waals surface area contributed by atoms with Crippen LogP contribution in [0, 0.1) is 0 Å². The Morgan fingerprint density at radius 2 is 1.86 bits per heavy atom. The van der Waals surface area contributed by atoms with Crippen LogP contribution in [0.2, 0.25) is 10.0 Å². The van der Waals surface area contributed by atoms with Gasteiger partial charge in [-0.1, -0.05) is 41.4 Å². The average Bonchev–Trinajstić information content (AvgIpc) is 3.39. The number of methoxy groups -OCH3 is 2. The van der Waals surface area contributed by atoms with Gasteiger partial charge in [0.1, 0.15) is 5.75 Å². The van der Waals surface area contributed by atoms with Crippen LogP contribution in [0.4, 0.5) is 0 Å². The Hall–Kier alpha value is -3.76. The molecular formula is C32H35Cl2N3O6. The molecule has 1 aliphatic rings. The molecule has 0 radical (unpaired) electrons. The number of carbonyl (C=O) groups excluding carboxylic acids is 1. The molecule has 1 heterocycles. The molecule has 43 heavy (non-hydrogen) atoms. The first kappa shape index (κ1) is 32.2. The van der Waals surface area contributed by atoms with Crippen molar-refractivity contribution < 1.29 is 28.8 Å². The number of halogens is 2. The summed E-state index contributed by atoms with van der Waals surface area (Å²) in [6.07, 6.45) is 2.08. The number of aliphatic hydroxyl groups is 1. The number of hydrogen-bond acceptors (Lipinski definition) is 8. The van der Waals surface area contributed by atoms with E-state index in [1.54, 1.807) is 62.8 Å². The summed E-state index contributed by atoms with van der Waals surface area (Å²) in [6.45, 7) is 4.78. The van der Waals surface area contributed by atoms with Crippen molar-refractivity contribution in [1.82, 2.24) is 10.9 Å². The molecule has 0 aliphatic carbocycles. The lowest BCUT2D eigenvalue weighted by Gasteiger charge is -2.30. The molecule has 1 aliphatic heterocycles. The van der Waals surface area contributed by atoms with Crippen molar-refractivity contribution in [3.8, 4) is 17.2 Å². The monoisotopic (exact) mass is 627 g/mol. The van der Waals surface area contributed by atoms with Gasteiger partial charge in [-0.2, -0.15) is 0 Å². The Morgan fingerprint density at radius 3 is 2.53 bits per heavy atom. The highest BCUT2D eigenvalue weighted by Gasteiger charge is 2.53. The molecular weight excluding hydrogens is 593 g/mol. The molecule has 1 amide bonds.